The fraction of sp³-hybridized carbons (Fsp3) is 0.273. The van der Waals surface area contributed by atoms with Crippen molar-refractivity contribution >= 4 is 11.6 Å². The van der Waals surface area contributed by atoms with Crippen LogP contribution in [0.15, 0.2) is 53.1 Å². The van der Waals surface area contributed by atoms with E-state index in [0.29, 0.717) is 41.9 Å². The Balaban J connectivity index is 1.57. The maximum absolute atomic E-state index is 12.3. The Bertz CT molecular complexity index is 950. The van der Waals surface area contributed by atoms with Crippen molar-refractivity contribution in [2.75, 3.05) is 26.1 Å². The highest BCUT2D eigenvalue weighted by Crippen LogP contribution is 2.29. The zero-order valence-electron chi connectivity index (χ0n) is 16.7. The molecule has 0 aliphatic heterocycles. The predicted octanol–water partition coefficient (Wildman–Crippen LogP) is 4.33. The molecule has 152 valence electrons. The molecule has 29 heavy (non-hydrogen) atoms. The van der Waals surface area contributed by atoms with Gasteiger partial charge < -0.3 is 23.9 Å². The third-order valence-corrected chi connectivity index (χ3v) is 4.25. The lowest BCUT2D eigenvalue weighted by molar-refractivity contribution is -0.116. The van der Waals surface area contributed by atoms with Crippen LogP contribution in [0.1, 0.15) is 19.2 Å². The molecule has 7 nitrogen and oxygen atoms in total. The first-order chi connectivity index (χ1) is 14.1. The van der Waals surface area contributed by atoms with Gasteiger partial charge in [-0.05, 0) is 43.3 Å². The summed E-state index contributed by atoms with van der Waals surface area (Å²) >= 11 is 0. The molecule has 0 fully saturated rings. The molecule has 1 N–H and O–H groups in total. The molecule has 2 aromatic carbocycles. The van der Waals surface area contributed by atoms with Crippen LogP contribution in [-0.2, 0) is 11.2 Å². The maximum Gasteiger partial charge on any atom is 0.224 e. The van der Waals surface area contributed by atoms with Crippen molar-refractivity contribution in [3.05, 3.63) is 54.6 Å². The number of carbonyl (C=O) groups excluding carboxylic acids is 1. The number of anilines is 1. The summed E-state index contributed by atoms with van der Waals surface area (Å²) in [6, 6.07) is 12.8. The number of aromatic nitrogens is 1. The summed E-state index contributed by atoms with van der Waals surface area (Å²) < 4.78 is 21.7. The van der Waals surface area contributed by atoms with Crippen LogP contribution in [0.5, 0.6) is 17.2 Å². The fourth-order valence-corrected chi connectivity index (χ4v) is 2.78. The smallest absolute Gasteiger partial charge is 0.224 e. The Hall–Kier alpha value is -3.48. The van der Waals surface area contributed by atoms with E-state index in [2.05, 4.69) is 10.3 Å². The number of nitrogens with one attached hydrogen (secondary N) is 1. The summed E-state index contributed by atoms with van der Waals surface area (Å²) in [7, 11) is 3.12. The lowest BCUT2D eigenvalue weighted by Gasteiger charge is -2.11. The number of rotatable bonds is 9. The zero-order chi connectivity index (χ0) is 20.6. The Morgan fingerprint density at radius 2 is 1.83 bits per heavy atom. The number of methoxy groups -OCH3 is 2. The van der Waals surface area contributed by atoms with Crippen molar-refractivity contribution in [1.29, 1.82) is 0 Å². The lowest BCUT2D eigenvalue weighted by atomic mass is 10.2. The molecular weight excluding hydrogens is 372 g/mol. The minimum absolute atomic E-state index is 0.158. The van der Waals surface area contributed by atoms with Gasteiger partial charge in [-0.15, -0.1) is 0 Å². The standard InChI is InChI=1S/C22H24N2O5/c1-4-28-16-7-5-15(6-8-16)20-14-23-22(29-20)12-11-21(25)24-18-10-9-17(26-2)13-19(18)27-3/h5-10,13-14H,4,11-12H2,1-3H3,(H,24,25). The minimum atomic E-state index is -0.158. The molecule has 0 saturated heterocycles. The molecule has 1 amide bonds. The van der Waals surface area contributed by atoms with E-state index in [4.69, 9.17) is 18.6 Å². The van der Waals surface area contributed by atoms with Crippen LogP contribution in [-0.4, -0.2) is 31.7 Å². The molecule has 0 bridgehead atoms. The second kappa shape index (κ2) is 9.64. The van der Waals surface area contributed by atoms with E-state index in [9.17, 15) is 4.79 Å². The number of oxazole rings is 1. The number of aryl methyl sites for hydroxylation is 1. The molecule has 3 aromatic rings. The van der Waals surface area contributed by atoms with Gasteiger partial charge in [-0.2, -0.15) is 0 Å². The van der Waals surface area contributed by atoms with Gasteiger partial charge in [0.25, 0.3) is 0 Å². The maximum atomic E-state index is 12.3. The van der Waals surface area contributed by atoms with Gasteiger partial charge in [-0.25, -0.2) is 4.98 Å². The van der Waals surface area contributed by atoms with Gasteiger partial charge in [-0.3, -0.25) is 4.79 Å². The summed E-state index contributed by atoms with van der Waals surface area (Å²) in [6.45, 7) is 2.56. The second-order valence-electron chi connectivity index (χ2n) is 6.19. The van der Waals surface area contributed by atoms with Crippen molar-refractivity contribution in [3.63, 3.8) is 0 Å². The molecule has 0 radical (unpaired) electrons. The Labute approximate surface area is 169 Å². The van der Waals surface area contributed by atoms with E-state index in [-0.39, 0.29) is 12.3 Å². The molecule has 0 atom stereocenters. The van der Waals surface area contributed by atoms with Crippen LogP contribution < -0.4 is 19.5 Å². The van der Waals surface area contributed by atoms with E-state index in [1.54, 1.807) is 38.6 Å². The molecular formula is C22H24N2O5. The summed E-state index contributed by atoms with van der Waals surface area (Å²) in [5, 5.41) is 2.84. The highest BCUT2D eigenvalue weighted by atomic mass is 16.5. The number of nitrogens with zero attached hydrogens (tertiary/aromatic N) is 1. The van der Waals surface area contributed by atoms with E-state index in [1.807, 2.05) is 31.2 Å². The Morgan fingerprint density at radius 1 is 1.07 bits per heavy atom. The summed E-state index contributed by atoms with van der Waals surface area (Å²) in [4.78, 5) is 16.6. The van der Waals surface area contributed by atoms with Gasteiger partial charge in [0.15, 0.2) is 11.7 Å². The first kappa shape index (κ1) is 20.3. The van der Waals surface area contributed by atoms with Crippen LogP contribution in [0.4, 0.5) is 5.69 Å². The number of hydrogen-bond donors (Lipinski definition) is 1. The lowest BCUT2D eigenvalue weighted by Crippen LogP contribution is -2.13. The molecule has 1 aromatic heterocycles. The molecule has 0 spiro atoms. The Morgan fingerprint density at radius 3 is 2.52 bits per heavy atom. The first-order valence-electron chi connectivity index (χ1n) is 9.32. The van der Waals surface area contributed by atoms with Crippen LogP contribution in [0, 0.1) is 0 Å². The monoisotopic (exact) mass is 396 g/mol. The number of carbonyl (C=O) groups is 1. The fourth-order valence-electron chi connectivity index (χ4n) is 2.78. The quantitative estimate of drug-likeness (QED) is 0.580. The van der Waals surface area contributed by atoms with Crippen LogP contribution in [0.3, 0.4) is 0 Å². The van der Waals surface area contributed by atoms with E-state index in [1.165, 1.54) is 0 Å². The van der Waals surface area contributed by atoms with Crippen molar-refractivity contribution < 1.29 is 23.4 Å². The van der Waals surface area contributed by atoms with Crippen molar-refractivity contribution in [3.8, 4) is 28.6 Å². The van der Waals surface area contributed by atoms with Gasteiger partial charge in [0.1, 0.15) is 17.2 Å². The summed E-state index contributed by atoms with van der Waals surface area (Å²) in [6.07, 6.45) is 2.29. The number of ether oxygens (including phenoxy) is 3. The van der Waals surface area contributed by atoms with Crippen LogP contribution in [0.2, 0.25) is 0 Å². The third kappa shape index (κ3) is 5.28. The van der Waals surface area contributed by atoms with Crippen LogP contribution >= 0.6 is 0 Å². The van der Waals surface area contributed by atoms with Gasteiger partial charge in [0, 0.05) is 24.5 Å². The molecule has 0 aliphatic carbocycles. The van der Waals surface area contributed by atoms with E-state index >= 15 is 0 Å². The molecule has 0 saturated carbocycles. The molecule has 0 unspecified atom stereocenters. The summed E-state index contributed by atoms with van der Waals surface area (Å²) in [5.74, 6) is 3.00. The third-order valence-electron chi connectivity index (χ3n) is 4.25. The Kier molecular flexibility index (Phi) is 6.73. The molecule has 0 aliphatic rings. The highest BCUT2D eigenvalue weighted by molar-refractivity contribution is 5.92. The van der Waals surface area contributed by atoms with Gasteiger partial charge in [-0.1, -0.05) is 0 Å². The van der Waals surface area contributed by atoms with Crippen molar-refractivity contribution in [1.82, 2.24) is 4.98 Å². The normalized spacial score (nSPS) is 10.4. The number of benzene rings is 2. The van der Waals surface area contributed by atoms with Gasteiger partial charge >= 0.3 is 0 Å². The van der Waals surface area contributed by atoms with Gasteiger partial charge in [0.2, 0.25) is 5.91 Å². The van der Waals surface area contributed by atoms with Crippen molar-refractivity contribution in [2.24, 2.45) is 0 Å². The minimum Gasteiger partial charge on any atom is -0.497 e. The molecule has 7 heteroatoms. The topological polar surface area (TPSA) is 82.8 Å². The van der Waals surface area contributed by atoms with Crippen LogP contribution in [0.25, 0.3) is 11.3 Å². The molecule has 3 rings (SSSR count). The SMILES string of the molecule is CCOc1ccc(-c2cnc(CCC(=O)Nc3ccc(OC)cc3OC)o2)cc1. The average Bonchev–Trinajstić information content (AvgIpc) is 3.22. The average molecular weight is 396 g/mol. The summed E-state index contributed by atoms with van der Waals surface area (Å²) in [5.41, 5.74) is 1.49. The first-order valence-corrected chi connectivity index (χ1v) is 9.32. The second-order valence-corrected chi connectivity index (χ2v) is 6.19. The zero-order valence-corrected chi connectivity index (χ0v) is 16.7. The van der Waals surface area contributed by atoms with Gasteiger partial charge in [0.05, 0.1) is 32.7 Å². The van der Waals surface area contributed by atoms with E-state index < -0.39 is 0 Å². The largest absolute Gasteiger partial charge is 0.497 e. The predicted molar refractivity (Wildman–Crippen MR) is 110 cm³/mol. The highest BCUT2D eigenvalue weighted by Gasteiger charge is 2.12. The molecule has 1 heterocycles. The van der Waals surface area contributed by atoms with E-state index in [0.717, 1.165) is 11.3 Å². The number of hydrogen-bond acceptors (Lipinski definition) is 6. The van der Waals surface area contributed by atoms with Crippen molar-refractivity contribution in [2.45, 2.75) is 19.8 Å². The number of amides is 1.